The smallest absolute Gasteiger partial charge is 0.267 e. The molecular formula is C23H25FN4O2. The summed E-state index contributed by atoms with van der Waals surface area (Å²) in [6, 6.07) is 12.1. The van der Waals surface area contributed by atoms with Gasteiger partial charge in [-0.15, -0.1) is 0 Å². The first-order chi connectivity index (χ1) is 14.5. The Balaban J connectivity index is 1.47. The molecule has 1 amide bonds. The molecule has 0 saturated carbocycles. The summed E-state index contributed by atoms with van der Waals surface area (Å²) in [7, 11) is 0. The summed E-state index contributed by atoms with van der Waals surface area (Å²) in [6.07, 6.45) is 4.95. The van der Waals surface area contributed by atoms with Gasteiger partial charge in [0.2, 0.25) is 0 Å². The number of hydrogen-bond acceptors (Lipinski definition) is 4. The third-order valence-electron chi connectivity index (χ3n) is 5.69. The van der Waals surface area contributed by atoms with Crippen LogP contribution in [0.5, 0.6) is 0 Å². The number of hydrogen-bond donors (Lipinski definition) is 3. The van der Waals surface area contributed by atoms with Crippen molar-refractivity contribution in [2.24, 2.45) is 0 Å². The molecular weight excluding hydrogens is 383 g/mol. The highest BCUT2D eigenvalue weighted by Gasteiger charge is 2.33. The lowest BCUT2D eigenvalue weighted by molar-refractivity contribution is -0.124. The molecule has 0 spiro atoms. The molecule has 30 heavy (non-hydrogen) atoms. The molecule has 3 N–H and O–H groups in total. The molecule has 6 nitrogen and oxygen atoms in total. The van der Waals surface area contributed by atoms with Gasteiger partial charge in [0.05, 0.1) is 5.69 Å². The Kier molecular flexibility index (Phi) is 5.92. The maximum absolute atomic E-state index is 14.3. The van der Waals surface area contributed by atoms with Gasteiger partial charge in [-0.25, -0.2) is 9.87 Å². The van der Waals surface area contributed by atoms with E-state index in [1.165, 1.54) is 17.0 Å². The molecule has 2 aromatic heterocycles. The van der Waals surface area contributed by atoms with Crippen LogP contribution in [0.15, 0.2) is 48.7 Å². The molecule has 1 fully saturated rings. The number of nitrogens with zero attached hydrogens (tertiary/aromatic N) is 2. The molecule has 0 radical (unpaired) electrons. The monoisotopic (exact) mass is 408 g/mol. The molecule has 1 aliphatic rings. The summed E-state index contributed by atoms with van der Waals surface area (Å²) in [5.74, 6) is -0.597. The normalized spacial score (nSPS) is 19.7. The highest BCUT2D eigenvalue weighted by atomic mass is 19.1. The van der Waals surface area contributed by atoms with Gasteiger partial charge in [0.25, 0.3) is 5.91 Å². The van der Waals surface area contributed by atoms with Gasteiger partial charge in [0.15, 0.2) is 0 Å². The largest absolute Gasteiger partial charge is 0.358 e. The quantitative estimate of drug-likeness (QED) is 0.331. The molecule has 0 bridgehead atoms. The summed E-state index contributed by atoms with van der Waals surface area (Å²) >= 11 is 0. The van der Waals surface area contributed by atoms with E-state index in [0.717, 1.165) is 28.9 Å². The lowest BCUT2D eigenvalue weighted by Gasteiger charge is -2.24. The zero-order valence-electron chi connectivity index (χ0n) is 16.8. The van der Waals surface area contributed by atoms with Crippen molar-refractivity contribution < 1.29 is 14.4 Å². The minimum atomic E-state index is -0.834. The Labute approximate surface area is 174 Å². The number of benzene rings is 1. The third-order valence-corrected chi connectivity index (χ3v) is 5.69. The zero-order chi connectivity index (χ0) is 21.1. The number of alkyl halides is 1. The molecule has 2 atom stereocenters. The van der Waals surface area contributed by atoms with Crippen LogP contribution in [0.4, 0.5) is 4.39 Å². The van der Waals surface area contributed by atoms with Crippen molar-refractivity contribution in [1.82, 2.24) is 20.3 Å². The number of halogens is 1. The number of hydroxylamine groups is 1. The lowest BCUT2D eigenvalue weighted by Crippen LogP contribution is -2.31. The number of likely N-dealkylation sites (tertiary alicyclic amines) is 1. The van der Waals surface area contributed by atoms with E-state index in [2.05, 4.69) is 33.9 Å². The zero-order valence-corrected chi connectivity index (χ0v) is 16.8. The van der Waals surface area contributed by atoms with Gasteiger partial charge in [-0.1, -0.05) is 24.3 Å². The third kappa shape index (κ3) is 4.42. The fourth-order valence-electron chi connectivity index (χ4n) is 4.21. The van der Waals surface area contributed by atoms with Crippen LogP contribution in [0.3, 0.4) is 0 Å². The van der Waals surface area contributed by atoms with Crippen LogP contribution >= 0.6 is 0 Å². The Morgan fingerprint density at radius 3 is 2.97 bits per heavy atom. The maximum atomic E-state index is 14.3. The number of carbonyl (C=O) groups excluding carboxylic acids is 1. The number of aromatic nitrogens is 2. The number of aryl methyl sites for hydroxylation is 1. The average Bonchev–Trinajstić information content (AvgIpc) is 3.26. The minimum Gasteiger partial charge on any atom is -0.358 e. The van der Waals surface area contributed by atoms with E-state index in [4.69, 9.17) is 5.21 Å². The van der Waals surface area contributed by atoms with E-state index in [0.29, 0.717) is 19.5 Å². The molecule has 3 heterocycles. The van der Waals surface area contributed by atoms with Gasteiger partial charge in [-0.3, -0.25) is 19.9 Å². The number of amides is 1. The number of pyridine rings is 1. The van der Waals surface area contributed by atoms with Crippen molar-refractivity contribution in [2.45, 2.75) is 38.5 Å². The average molecular weight is 408 g/mol. The number of nitrogens with one attached hydrogen (secondary N) is 2. The Hall–Kier alpha value is -3.03. The first-order valence-corrected chi connectivity index (χ1v) is 10.0. The van der Waals surface area contributed by atoms with Gasteiger partial charge >= 0.3 is 0 Å². The standard InChI is InChI=1S/C23H25FN4O2/c1-15-21(20-4-2-3-5-22(20)26-15)11-19-10-17(24)13-28(19)14-18-8-6-16(12-25-18)7-9-23(29)27-30/h2-9,12,17,19,26,30H,10-11,13-14H2,1H3,(H,27,29)/b9-7+/t17-,19?/m0/s1. The van der Waals surface area contributed by atoms with E-state index in [1.807, 2.05) is 24.3 Å². The first kappa shape index (κ1) is 20.3. The molecule has 3 aromatic rings. The van der Waals surface area contributed by atoms with Crippen LogP contribution in [0.1, 0.15) is 28.9 Å². The van der Waals surface area contributed by atoms with E-state index in [1.54, 1.807) is 17.8 Å². The molecule has 1 saturated heterocycles. The van der Waals surface area contributed by atoms with E-state index < -0.39 is 12.1 Å². The fourth-order valence-corrected chi connectivity index (χ4v) is 4.21. The summed E-state index contributed by atoms with van der Waals surface area (Å²) in [6.45, 7) is 3.06. The van der Waals surface area contributed by atoms with Crippen molar-refractivity contribution in [3.63, 3.8) is 0 Å². The van der Waals surface area contributed by atoms with Crippen LogP contribution in [-0.4, -0.2) is 44.7 Å². The van der Waals surface area contributed by atoms with Crippen molar-refractivity contribution in [1.29, 1.82) is 0 Å². The van der Waals surface area contributed by atoms with Crippen molar-refractivity contribution >= 4 is 22.9 Å². The second-order valence-electron chi connectivity index (χ2n) is 7.79. The summed E-state index contributed by atoms with van der Waals surface area (Å²) in [4.78, 5) is 21.1. The molecule has 1 aromatic carbocycles. The Morgan fingerprint density at radius 2 is 2.20 bits per heavy atom. The molecule has 156 valence electrons. The van der Waals surface area contributed by atoms with Gasteiger partial charge in [0, 0.05) is 48.0 Å². The first-order valence-electron chi connectivity index (χ1n) is 10.0. The van der Waals surface area contributed by atoms with Crippen LogP contribution in [0.25, 0.3) is 17.0 Å². The molecule has 4 rings (SSSR count). The van der Waals surface area contributed by atoms with E-state index in [9.17, 15) is 9.18 Å². The van der Waals surface area contributed by atoms with E-state index >= 15 is 0 Å². The predicted molar refractivity (Wildman–Crippen MR) is 114 cm³/mol. The second-order valence-corrected chi connectivity index (χ2v) is 7.79. The van der Waals surface area contributed by atoms with Gasteiger partial charge in [-0.2, -0.15) is 0 Å². The predicted octanol–water partition coefficient (Wildman–Crippen LogP) is 3.55. The van der Waals surface area contributed by atoms with Crippen molar-refractivity contribution in [3.05, 3.63) is 71.2 Å². The lowest BCUT2D eigenvalue weighted by atomic mass is 10.0. The molecule has 1 aliphatic heterocycles. The molecule has 0 aliphatic carbocycles. The topological polar surface area (TPSA) is 81.2 Å². The maximum Gasteiger partial charge on any atom is 0.267 e. The van der Waals surface area contributed by atoms with Crippen LogP contribution in [-0.2, 0) is 17.8 Å². The highest BCUT2D eigenvalue weighted by Crippen LogP contribution is 2.30. The number of carbonyl (C=O) groups is 1. The van der Waals surface area contributed by atoms with Crippen molar-refractivity contribution in [2.75, 3.05) is 6.54 Å². The SMILES string of the molecule is Cc1[nH]c2ccccc2c1CC1C[C@H](F)CN1Cc1ccc(/C=C/C(=O)NO)cn1. The fraction of sp³-hybridized carbons (Fsp3) is 0.304. The van der Waals surface area contributed by atoms with Gasteiger partial charge in [-0.05, 0) is 49.1 Å². The number of fused-ring (bicyclic) bond motifs is 1. The minimum absolute atomic E-state index is 0.118. The molecule has 1 unspecified atom stereocenters. The summed E-state index contributed by atoms with van der Waals surface area (Å²) < 4.78 is 14.3. The highest BCUT2D eigenvalue weighted by molar-refractivity contribution is 5.90. The van der Waals surface area contributed by atoms with Crippen LogP contribution in [0, 0.1) is 6.92 Å². The summed E-state index contributed by atoms with van der Waals surface area (Å²) in [5, 5.41) is 9.73. The van der Waals surface area contributed by atoms with E-state index in [-0.39, 0.29) is 6.04 Å². The van der Waals surface area contributed by atoms with Gasteiger partial charge < -0.3 is 4.98 Å². The number of rotatable bonds is 6. The Morgan fingerprint density at radius 1 is 1.37 bits per heavy atom. The number of aromatic amines is 1. The Bertz CT molecular complexity index is 1060. The van der Waals surface area contributed by atoms with Crippen LogP contribution in [0.2, 0.25) is 0 Å². The molecule has 7 heteroatoms. The number of para-hydroxylation sites is 1. The summed E-state index contributed by atoms with van der Waals surface area (Å²) in [5.41, 5.74) is 6.66. The second kappa shape index (κ2) is 8.77. The number of H-pyrrole nitrogens is 1. The van der Waals surface area contributed by atoms with Crippen LogP contribution < -0.4 is 5.48 Å². The van der Waals surface area contributed by atoms with Crippen molar-refractivity contribution in [3.8, 4) is 0 Å². The van der Waals surface area contributed by atoms with Gasteiger partial charge in [0.1, 0.15) is 6.17 Å².